The Morgan fingerprint density at radius 3 is 2.54 bits per heavy atom. The summed E-state index contributed by atoms with van der Waals surface area (Å²) in [6.45, 7) is 3.59. The number of hydrogen-bond acceptors (Lipinski definition) is 8. The molecule has 2 bridgehead atoms. The molecule has 10 nitrogen and oxygen atoms in total. The minimum Gasteiger partial charge on any atom is -0.447 e. The maximum Gasteiger partial charge on any atom is 0.411 e. The lowest BCUT2D eigenvalue weighted by molar-refractivity contribution is -0.127. The first-order valence-electron chi connectivity index (χ1n) is 14.3. The minimum absolute atomic E-state index is 0.0342. The monoisotopic (exact) mass is 584 g/mol. The number of carbonyl (C=O) groups excluding carboxylic acids is 4. The standard InChI is InChI=1S/C30H40N4O6S/c1-17-4-3-5-24(33-29(38)20-8-6-19(16-31)7-9-20)26-15-23(27(41-26)18(2)36)22-11-10-21(14-25(22)34-28(17)37)32-30(39)40-13-12-35/h10-11,14-15,17,19-20,24,35H,3-9,12-13,16,31H2,1-2H3,(H,32,39)(H,33,38)(H,34,37)/t17-,19-,20-,24+/m1/s1. The number of nitrogens with two attached hydrogens (primary N) is 1. The second kappa shape index (κ2) is 14.1. The molecule has 0 spiro atoms. The van der Waals surface area contributed by atoms with Crippen molar-refractivity contribution in [3.8, 4) is 11.1 Å². The van der Waals surface area contributed by atoms with Crippen LogP contribution in [0, 0.1) is 17.8 Å². The van der Waals surface area contributed by atoms with Crippen LogP contribution in [0.3, 0.4) is 0 Å². The van der Waals surface area contributed by atoms with Gasteiger partial charge in [0, 0.05) is 33.5 Å². The van der Waals surface area contributed by atoms with Gasteiger partial charge in [-0.15, -0.1) is 11.3 Å². The molecule has 6 N–H and O–H groups in total. The Kier molecular flexibility index (Phi) is 10.5. The Balaban J connectivity index is 1.68. The van der Waals surface area contributed by atoms with Gasteiger partial charge in [-0.25, -0.2) is 4.79 Å². The molecule has 1 aliphatic heterocycles. The molecule has 2 aliphatic rings. The van der Waals surface area contributed by atoms with Crippen LogP contribution < -0.4 is 21.7 Å². The van der Waals surface area contributed by atoms with Crippen LogP contribution in [-0.4, -0.2) is 48.6 Å². The summed E-state index contributed by atoms with van der Waals surface area (Å²) in [4.78, 5) is 52.8. The number of aliphatic hydroxyl groups excluding tert-OH is 1. The number of thiophene rings is 1. The van der Waals surface area contributed by atoms with Crippen molar-refractivity contribution in [3.63, 3.8) is 0 Å². The van der Waals surface area contributed by atoms with Gasteiger partial charge in [-0.05, 0) is 76.1 Å². The third-order valence-corrected chi connectivity index (χ3v) is 9.35. The molecule has 1 fully saturated rings. The summed E-state index contributed by atoms with van der Waals surface area (Å²) in [5.74, 6) is -0.122. The van der Waals surface area contributed by atoms with E-state index in [1.165, 1.54) is 18.3 Å². The van der Waals surface area contributed by atoms with E-state index >= 15 is 0 Å². The predicted octanol–water partition coefficient (Wildman–Crippen LogP) is 4.84. The molecule has 41 heavy (non-hydrogen) atoms. The lowest BCUT2D eigenvalue weighted by Crippen LogP contribution is -2.36. The summed E-state index contributed by atoms with van der Waals surface area (Å²) in [6.07, 6.45) is 4.82. The van der Waals surface area contributed by atoms with Crippen LogP contribution in [0.1, 0.15) is 79.4 Å². The molecule has 1 aromatic carbocycles. The van der Waals surface area contributed by atoms with Crippen molar-refractivity contribution in [2.24, 2.45) is 23.5 Å². The summed E-state index contributed by atoms with van der Waals surface area (Å²) >= 11 is 1.37. The van der Waals surface area contributed by atoms with Gasteiger partial charge in [-0.3, -0.25) is 19.7 Å². The van der Waals surface area contributed by atoms with Gasteiger partial charge in [-0.1, -0.05) is 19.4 Å². The van der Waals surface area contributed by atoms with Gasteiger partial charge in [0.25, 0.3) is 0 Å². The number of benzene rings is 1. The highest BCUT2D eigenvalue weighted by Gasteiger charge is 2.30. The lowest BCUT2D eigenvalue weighted by Gasteiger charge is -2.28. The average molecular weight is 585 g/mol. The van der Waals surface area contributed by atoms with Crippen LogP contribution in [0.4, 0.5) is 16.2 Å². The van der Waals surface area contributed by atoms with E-state index in [4.69, 9.17) is 15.6 Å². The number of fused-ring (bicyclic) bond motifs is 4. The fraction of sp³-hybridized carbons (Fsp3) is 0.533. The zero-order chi connectivity index (χ0) is 29.5. The van der Waals surface area contributed by atoms with Crippen LogP contribution in [-0.2, 0) is 14.3 Å². The summed E-state index contributed by atoms with van der Waals surface area (Å²) < 4.78 is 4.89. The summed E-state index contributed by atoms with van der Waals surface area (Å²) in [5.41, 5.74) is 7.98. The van der Waals surface area contributed by atoms with Gasteiger partial charge in [0.05, 0.1) is 23.2 Å². The minimum atomic E-state index is -0.732. The van der Waals surface area contributed by atoms with Crippen molar-refractivity contribution in [3.05, 3.63) is 34.0 Å². The normalized spacial score (nSPS) is 22.8. The van der Waals surface area contributed by atoms with Crippen molar-refractivity contribution in [1.29, 1.82) is 0 Å². The summed E-state index contributed by atoms with van der Waals surface area (Å²) in [7, 11) is 0. The number of nitrogens with one attached hydrogen (secondary N) is 3. The molecule has 0 radical (unpaired) electrons. The number of amides is 3. The largest absolute Gasteiger partial charge is 0.447 e. The second-order valence-corrected chi connectivity index (χ2v) is 12.1. The van der Waals surface area contributed by atoms with Crippen molar-refractivity contribution >= 4 is 46.4 Å². The first kappa shape index (κ1) is 30.7. The Hall–Kier alpha value is -3.28. The molecule has 0 unspecified atom stereocenters. The first-order valence-corrected chi connectivity index (χ1v) is 15.2. The Morgan fingerprint density at radius 2 is 1.85 bits per heavy atom. The maximum absolute atomic E-state index is 13.4. The van der Waals surface area contributed by atoms with Crippen molar-refractivity contribution in [2.75, 3.05) is 30.4 Å². The van der Waals surface area contributed by atoms with Crippen LogP contribution in [0.15, 0.2) is 24.3 Å². The molecule has 1 aromatic heterocycles. The third-order valence-electron chi connectivity index (χ3n) is 8.00. The fourth-order valence-corrected chi connectivity index (χ4v) is 6.70. The van der Waals surface area contributed by atoms with E-state index in [9.17, 15) is 19.2 Å². The van der Waals surface area contributed by atoms with E-state index in [2.05, 4.69) is 16.0 Å². The van der Waals surface area contributed by atoms with Crippen LogP contribution in [0.2, 0.25) is 0 Å². The van der Waals surface area contributed by atoms with Crippen molar-refractivity contribution in [2.45, 2.75) is 64.8 Å². The quantitative estimate of drug-likeness (QED) is 0.291. The van der Waals surface area contributed by atoms with Crippen molar-refractivity contribution < 1.29 is 29.0 Å². The Morgan fingerprint density at radius 1 is 1.10 bits per heavy atom. The molecular formula is C30H40N4O6S. The fourth-order valence-electron chi connectivity index (χ4n) is 5.55. The number of anilines is 2. The molecule has 3 amide bonds. The van der Waals surface area contributed by atoms with Gasteiger partial charge < -0.3 is 26.2 Å². The van der Waals surface area contributed by atoms with E-state index in [1.807, 2.05) is 13.0 Å². The Labute approximate surface area is 244 Å². The van der Waals surface area contributed by atoms with E-state index in [0.29, 0.717) is 59.1 Å². The number of aliphatic hydroxyl groups is 1. The summed E-state index contributed by atoms with van der Waals surface area (Å²) in [6, 6.07) is 6.71. The SMILES string of the molecule is CC(=O)c1sc2cc1-c1ccc(NC(=O)OCCO)cc1NC(=O)[C@H](C)CCC[C@@H]2NC(=O)[C@H]1CC[C@H](CN)CC1. The number of ether oxygens (including phenoxy) is 1. The van der Waals surface area contributed by atoms with E-state index in [0.717, 1.165) is 30.6 Å². The van der Waals surface area contributed by atoms with Gasteiger partial charge in [0.15, 0.2) is 5.78 Å². The van der Waals surface area contributed by atoms with Crippen LogP contribution >= 0.6 is 11.3 Å². The predicted molar refractivity (Wildman–Crippen MR) is 159 cm³/mol. The molecular weight excluding hydrogens is 544 g/mol. The zero-order valence-corrected chi connectivity index (χ0v) is 24.5. The molecule has 222 valence electrons. The van der Waals surface area contributed by atoms with E-state index in [-0.39, 0.29) is 48.7 Å². The number of ketones is 1. The smallest absolute Gasteiger partial charge is 0.411 e. The zero-order valence-electron chi connectivity index (χ0n) is 23.7. The van der Waals surface area contributed by atoms with Gasteiger partial charge >= 0.3 is 6.09 Å². The van der Waals surface area contributed by atoms with E-state index in [1.54, 1.807) is 18.2 Å². The number of hydrogen-bond donors (Lipinski definition) is 5. The van der Waals surface area contributed by atoms with Gasteiger partial charge in [0.1, 0.15) is 6.61 Å². The molecule has 11 heteroatoms. The molecule has 1 saturated carbocycles. The third kappa shape index (κ3) is 7.72. The highest BCUT2D eigenvalue weighted by molar-refractivity contribution is 7.14. The summed E-state index contributed by atoms with van der Waals surface area (Å²) in [5, 5.41) is 17.8. The van der Waals surface area contributed by atoms with Crippen LogP contribution in [0.25, 0.3) is 11.1 Å². The van der Waals surface area contributed by atoms with Crippen LogP contribution in [0.5, 0.6) is 0 Å². The van der Waals surface area contributed by atoms with Gasteiger partial charge in [0.2, 0.25) is 11.8 Å². The topological polar surface area (TPSA) is 160 Å². The average Bonchev–Trinajstić information content (AvgIpc) is 3.41. The molecule has 4 rings (SSSR count). The Bertz CT molecular complexity index is 1270. The molecule has 2 aromatic rings. The first-order chi connectivity index (χ1) is 19.7. The van der Waals surface area contributed by atoms with Gasteiger partial charge in [-0.2, -0.15) is 0 Å². The molecule has 2 heterocycles. The second-order valence-electron chi connectivity index (χ2n) is 11.0. The maximum atomic E-state index is 13.4. The number of carbonyl (C=O) groups is 4. The molecule has 0 saturated heterocycles. The highest BCUT2D eigenvalue weighted by atomic mass is 32.1. The van der Waals surface area contributed by atoms with E-state index < -0.39 is 6.09 Å². The number of Topliss-reactive ketones (excluding diaryl/α,β-unsaturated/α-hetero) is 1. The molecule has 1 aliphatic carbocycles. The molecule has 2 atom stereocenters. The van der Waals surface area contributed by atoms with Crippen molar-refractivity contribution in [1.82, 2.24) is 5.32 Å². The highest BCUT2D eigenvalue weighted by Crippen LogP contribution is 2.41. The number of rotatable bonds is 7. The lowest BCUT2D eigenvalue weighted by atomic mass is 9.81.